The first-order chi connectivity index (χ1) is 5.83. The largest absolute Gasteiger partial charge is 0.299 e. The molecule has 0 radical (unpaired) electrons. The van der Waals surface area contributed by atoms with Crippen LogP contribution in [0.15, 0.2) is 0 Å². The van der Waals surface area contributed by atoms with Crippen molar-refractivity contribution in [2.75, 3.05) is 13.1 Å². The van der Waals surface area contributed by atoms with Crippen LogP contribution in [0.25, 0.3) is 0 Å². The topological polar surface area (TPSA) is 29.1 Å². The lowest BCUT2D eigenvalue weighted by molar-refractivity contribution is -0.118. The molecule has 0 atom stereocenters. The molecule has 0 heterocycles. The van der Waals surface area contributed by atoms with Crippen LogP contribution in [-0.4, -0.2) is 18.9 Å². The quantitative estimate of drug-likeness (QED) is 0.469. The van der Waals surface area contributed by atoms with Crippen molar-refractivity contribution in [3.8, 4) is 12.3 Å². The van der Waals surface area contributed by atoms with Crippen molar-refractivity contribution < 1.29 is 4.79 Å². The van der Waals surface area contributed by atoms with Gasteiger partial charge in [-0.15, -0.1) is 6.42 Å². The molecule has 0 amide bonds. The Bertz CT molecular complexity index is 189. The van der Waals surface area contributed by atoms with Crippen LogP contribution in [0.3, 0.4) is 0 Å². The SMILES string of the molecule is C#CCNCC(=O)CCC1CC1. The van der Waals surface area contributed by atoms with Crippen molar-refractivity contribution in [1.29, 1.82) is 0 Å². The van der Waals surface area contributed by atoms with E-state index in [1.165, 1.54) is 12.8 Å². The van der Waals surface area contributed by atoms with Gasteiger partial charge in [0.15, 0.2) is 0 Å². The Kier molecular flexibility index (Phi) is 3.83. The van der Waals surface area contributed by atoms with E-state index in [0.29, 0.717) is 13.1 Å². The predicted molar refractivity (Wildman–Crippen MR) is 48.7 cm³/mol. The van der Waals surface area contributed by atoms with Crippen LogP contribution in [0.2, 0.25) is 0 Å². The van der Waals surface area contributed by atoms with Crippen LogP contribution in [0, 0.1) is 18.3 Å². The van der Waals surface area contributed by atoms with Crippen LogP contribution >= 0.6 is 0 Å². The van der Waals surface area contributed by atoms with Crippen LogP contribution in [0.4, 0.5) is 0 Å². The monoisotopic (exact) mass is 165 g/mol. The predicted octanol–water partition coefficient (Wildman–Crippen LogP) is 0.968. The molecule has 1 rings (SSSR count). The normalized spacial score (nSPS) is 15.6. The van der Waals surface area contributed by atoms with Crippen molar-refractivity contribution in [2.24, 2.45) is 5.92 Å². The van der Waals surface area contributed by atoms with E-state index in [4.69, 9.17) is 6.42 Å². The first-order valence-electron chi connectivity index (χ1n) is 4.49. The molecule has 0 aromatic rings. The fourth-order valence-electron chi connectivity index (χ4n) is 1.13. The molecule has 0 aromatic carbocycles. The highest BCUT2D eigenvalue weighted by Gasteiger charge is 2.21. The molecule has 0 spiro atoms. The lowest BCUT2D eigenvalue weighted by Gasteiger charge is -1.99. The highest BCUT2D eigenvalue weighted by Crippen LogP contribution is 2.33. The number of carbonyl (C=O) groups excluding carboxylic acids is 1. The summed E-state index contributed by atoms with van der Waals surface area (Å²) >= 11 is 0. The van der Waals surface area contributed by atoms with E-state index in [1.807, 2.05) is 0 Å². The molecule has 12 heavy (non-hydrogen) atoms. The van der Waals surface area contributed by atoms with Gasteiger partial charge >= 0.3 is 0 Å². The lowest BCUT2D eigenvalue weighted by atomic mass is 10.1. The summed E-state index contributed by atoms with van der Waals surface area (Å²) in [5.41, 5.74) is 0. The third-order valence-corrected chi connectivity index (χ3v) is 2.08. The van der Waals surface area contributed by atoms with Crippen LogP contribution in [-0.2, 0) is 4.79 Å². The van der Waals surface area contributed by atoms with Gasteiger partial charge in [0.25, 0.3) is 0 Å². The molecule has 2 nitrogen and oxygen atoms in total. The summed E-state index contributed by atoms with van der Waals surface area (Å²) in [5, 5.41) is 2.89. The Balaban J connectivity index is 1.92. The number of hydrogen-bond acceptors (Lipinski definition) is 2. The second-order valence-electron chi connectivity index (χ2n) is 3.33. The van der Waals surface area contributed by atoms with Gasteiger partial charge in [-0.25, -0.2) is 0 Å². The molecular weight excluding hydrogens is 150 g/mol. The van der Waals surface area contributed by atoms with E-state index in [-0.39, 0.29) is 5.78 Å². The van der Waals surface area contributed by atoms with Crippen LogP contribution in [0.5, 0.6) is 0 Å². The minimum atomic E-state index is 0.289. The van der Waals surface area contributed by atoms with Crippen molar-refractivity contribution in [1.82, 2.24) is 5.32 Å². The molecule has 0 unspecified atom stereocenters. The van der Waals surface area contributed by atoms with E-state index >= 15 is 0 Å². The van der Waals surface area contributed by atoms with Gasteiger partial charge in [-0.2, -0.15) is 0 Å². The Hall–Kier alpha value is -0.810. The number of hydrogen-bond donors (Lipinski definition) is 1. The molecule has 0 aromatic heterocycles. The van der Waals surface area contributed by atoms with Gasteiger partial charge in [0, 0.05) is 6.42 Å². The summed E-state index contributed by atoms with van der Waals surface area (Å²) in [6.07, 6.45) is 9.48. The Morgan fingerprint density at radius 1 is 1.58 bits per heavy atom. The summed E-state index contributed by atoms with van der Waals surface area (Å²) in [7, 11) is 0. The van der Waals surface area contributed by atoms with E-state index in [0.717, 1.165) is 18.8 Å². The van der Waals surface area contributed by atoms with Crippen molar-refractivity contribution in [2.45, 2.75) is 25.7 Å². The highest BCUT2D eigenvalue weighted by atomic mass is 16.1. The average molecular weight is 165 g/mol. The van der Waals surface area contributed by atoms with E-state index in [2.05, 4.69) is 11.2 Å². The van der Waals surface area contributed by atoms with E-state index in [1.54, 1.807) is 0 Å². The second-order valence-corrected chi connectivity index (χ2v) is 3.33. The highest BCUT2D eigenvalue weighted by molar-refractivity contribution is 5.80. The zero-order valence-electron chi connectivity index (χ0n) is 7.31. The molecule has 2 heteroatoms. The summed E-state index contributed by atoms with van der Waals surface area (Å²) in [6, 6.07) is 0. The van der Waals surface area contributed by atoms with Crippen molar-refractivity contribution >= 4 is 5.78 Å². The van der Waals surface area contributed by atoms with Gasteiger partial charge < -0.3 is 0 Å². The molecule has 1 saturated carbocycles. The van der Waals surface area contributed by atoms with Gasteiger partial charge in [0.2, 0.25) is 0 Å². The molecule has 1 N–H and O–H groups in total. The summed E-state index contributed by atoms with van der Waals surface area (Å²) in [4.78, 5) is 11.1. The maximum Gasteiger partial charge on any atom is 0.146 e. The van der Waals surface area contributed by atoms with Crippen molar-refractivity contribution in [3.05, 3.63) is 0 Å². The molecule has 0 saturated heterocycles. The fourth-order valence-corrected chi connectivity index (χ4v) is 1.13. The number of ketones is 1. The maximum absolute atomic E-state index is 11.1. The molecule has 1 aliphatic rings. The number of nitrogens with one attached hydrogen (secondary N) is 1. The first kappa shape index (κ1) is 9.28. The third kappa shape index (κ3) is 4.15. The van der Waals surface area contributed by atoms with Crippen LogP contribution in [0.1, 0.15) is 25.7 Å². The summed E-state index contributed by atoms with van der Waals surface area (Å²) in [5.74, 6) is 3.57. The maximum atomic E-state index is 11.1. The van der Waals surface area contributed by atoms with Gasteiger partial charge in [-0.1, -0.05) is 18.8 Å². The van der Waals surface area contributed by atoms with Gasteiger partial charge in [0.1, 0.15) is 5.78 Å². The van der Waals surface area contributed by atoms with Gasteiger partial charge in [-0.3, -0.25) is 10.1 Å². The number of terminal acetylenes is 1. The lowest BCUT2D eigenvalue weighted by Crippen LogP contribution is -2.22. The zero-order valence-corrected chi connectivity index (χ0v) is 7.31. The minimum Gasteiger partial charge on any atom is -0.299 e. The van der Waals surface area contributed by atoms with E-state index in [9.17, 15) is 4.79 Å². The minimum absolute atomic E-state index is 0.289. The Labute approximate surface area is 73.7 Å². The van der Waals surface area contributed by atoms with Gasteiger partial charge in [0.05, 0.1) is 13.1 Å². The van der Waals surface area contributed by atoms with E-state index < -0.39 is 0 Å². The first-order valence-corrected chi connectivity index (χ1v) is 4.49. The smallest absolute Gasteiger partial charge is 0.146 e. The van der Waals surface area contributed by atoms with Crippen molar-refractivity contribution in [3.63, 3.8) is 0 Å². The number of Topliss-reactive ketones (excluding diaryl/α,β-unsaturated/α-hetero) is 1. The molecule has 0 aliphatic heterocycles. The average Bonchev–Trinajstić information content (AvgIpc) is 2.84. The molecular formula is C10H15NO. The summed E-state index contributed by atoms with van der Waals surface area (Å²) < 4.78 is 0. The number of carbonyl (C=O) groups is 1. The van der Waals surface area contributed by atoms with Gasteiger partial charge in [-0.05, 0) is 12.3 Å². The molecule has 0 bridgehead atoms. The standard InChI is InChI=1S/C10H15NO/c1-2-7-11-8-10(12)6-5-9-3-4-9/h1,9,11H,3-8H2. The molecule has 66 valence electrons. The zero-order chi connectivity index (χ0) is 8.81. The molecule has 1 fully saturated rings. The fraction of sp³-hybridized carbons (Fsp3) is 0.700. The second kappa shape index (κ2) is 4.95. The third-order valence-electron chi connectivity index (χ3n) is 2.08. The van der Waals surface area contributed by atoms with Crippen LogP contribution < -0.4 is 5.32 Å². The Morgan fingerprint density at radius 3 is 2.92 bits per heavy atom. The Morgan fingerprint density at radius 2 is 2.33 bits per heavy atom. The number of rotatable bonds is 6. The molecule has 1 aliphatic carbocycles. The summed E-state index contributed by atoms with van der Waals surface area (Å²) in [6.45, 7) is 0.937.